The zero-order valence-electron chi connectivity index (χ0n) is 11.4. The maximum Gasteiger partial charge on any atom is 0.223 e. The number of piperidine rings is 1. The molecule has 1 amide bonds. The number of carbonyl (C=O) groups excluding carboxylic acids is 1. The number of amides is 1. The highest BCUT2D eigenvalue weighted by molar-refractivity contribution is 5.79. The van der Waals surface area contributed by atoms with Gasteiger partial charge in [-0.05, 0) is 38.1 Å². The monoisotopic (exact) mass is 276 g/mol. The molecule has 1 aliphatic rings. The minimum absolute atomic E-state index is 0.0203. The number of nitrogens with one attached hydrogen (secondary N) is 1. The zero-order valence-corrected chi connectivity index (χ0v) is 11.4. The Bertz CT molecular complexity index is 456. The van der Waals surface area contributed by atoms with E-state index in [0.717, 1.165) is 25.9 Å². The molecule has 1 aromatic rings. The predicted octanol–water partition coefficient (Wildman–Crippen LogP) is 0.774. The minimum Gasteiger partial charge on any atom is -0.467 e. The van der Waals surface area contributed by atoms with Gasteiger partial charge in [-0.15, -0.1) is 6.42 Å². The fourth-order valence-corrected chi connectivity index (χ4v) is 2.47. The normalized spacial score (nSPS) is 18.4. The van der Waals surface area contributed by atoms with Crippen molar-refractivity contribution in [3.05, 3.63) is 24.2 Å². The number of hydrogen-bond donors (Lipinski definition) is 2. The Balaban J connectivity index is 1.85. The van der Waals surface area contributed by atoms with Gasteiger partial charge in [-0.25, -0.2) is 0 Å². The van der Waals surface area contributed by atoms with Crippen LogP contribution in [0.2, 0.25) is 0 Å². The summed E-state index contributed by atoms with van der Waals surface area (Å²) in [5, 5.41) is 12.2. The lowest BCUT2D eigenvalue weighted by Crippen LogP contribution is -2.42. The Morgan fingerprint density at radius 2 is 2.35 bits per heavy atom. The summed E-state index contributed by atoms with van der Waals surface area (Å²) in [5.41, 5.74) is 0. The lowest BCUT2D eigenvalue weighted by molar-refractivity contribution is -0.127. The van der Waals surface area contributed by atoms with Crippen LogP contribution in [0.5, 0.6) is 0 Å². The second kappa shape index (κ2) is 7.13. The molecule has 2 heterocycles. The molecule has 1 unspecified atom stereocenters. The fraction of sp³-hybridized carbons (Fsp3) is 0.533. The first-order chi connectivity index (χ1) is 9.74. The topological polar surface area (TPSA) is 65.7 Å². The molecule has 20 heavy (non-hydrogen) atoms. The van der Waals surface area contributed by atoms with E-state index in [1.807, 2.05) is 0 Å². The standard InChI is InChI=1S/C15H20N2O3/c1-2-7-17-8-5-12(6-9-17)15(19)16-13(11-18)14-4-3-10-20-14/h1,3-4,10,12-13,18H,5-9,11H2,(H,16,19). The van der Waals surface area contributed by atoms with Gasteiger partial charge in [0.2, 0.25) is 5.91 Å². The average Bonchev–Trinajstić information content (AvgIpc) is 2.99. The van der Waals surface area contributed by atoms with Crippen LogP contribution in [0.3, 0.4) is 0 Å². The van der Waals surface area contributed by atoms with E-state index in [9.17, 15) is 9.90 Å². The summed E-state index contributed by atoms with van der Waals surface area (Å²) in [5.74, 6) is 3.15. The molecular weight excluding hydrogens is 256 g/mol. The van der Waals surface area contributed by atoms with Crippen molar-refractivity contribution in [3.8, 4) is 12.3 Å². The van der Waals surface area contributed by atoms with Crippen molar-refractivity contribution in [1.82, 2.24) is 10.2 Å². The largest absolute Gasteiger partial charge is 0.467 e. The number of rotatable bonds is 5. The third-order valence-corrected chi connectivity index (χ3v) is 3.66. The van der Waals surface area contributed by atoms with E-state index in [-0.39, 0.29) is 18.4 Å². The molecule has 0 aromatic carbocycles. The Morgan fingerprint density at radius 3 is 2.90 bits per heavy atom. The first kappa shape index (κ1) is 14.6. The van der Waals surface area contributed by atoms with Crippen molar-refractivity contribution >= 4 is 5.91 Å². The number of aliphatic hydroxyl groups excluding tert-OH is 1. The van der Waals surface area contributed by atoms with Crippen molar-refractivity contribution in [2.75, 3.05) is 26.2 Å². The number of furan rings is 1. The molecule has 108 valence electrons. The summed E-state index contributed by atoms with van der Waals surface area (Å²) in [6.45, 7) is 2.15. The van der Waals surface area contributed by atoms with E-state index in [0.29, 0.717) is 12.3 Å². The van der Waals surface area contributed by atoms with E-state index < -0.39 is 6.04 Å². The van der Waals surface area contributed by atoms with E-state index in [1.54, 1.807) is 12.1 Å². The summed E-state index contributed by atoms with van der Waals surface area (Å²) in [6, 6.07) is 3.01. The van der Waals surface area contributed by atoms with E-state index in [1.165, 1.54) is 6.26 Å². The van der Waals surface area contributed by atoms with Crippen LogP contribution in [0.1, 0.15) is 24.6 Å². The van der Waals surface area contributed by atoms with Crippen molar-refractivity contribution in [2.45, 2.75) is 18.9 Å². The number of likely N-dealkylation sites (tertiary alicyclic amines) is 1. The van der Waals surface area contributed by atoms with E-state index in [2.05, 4.69) is 16.1 Å². The second-order valence-electron chi connectivity index (χ2n) is 5.01. The van der Waals surface area contributed by atoms with Crippen LogP contribution >= 0.6 is 0 Å². The summed E-state index contributed by atoms with van der Waals surface area (Å²) in [7, 11) is 0. The fourth-order valence-electron chi connectivity index (χ4n) is 2.47. The molecule has 2 N–H and O–H groups in total. The lowest BCUT2D eigenvalue weighted by atomic mass is 9.95. The molecule has 5 heteroatoms. The van der Waals surface area contributed by atoms with Gasteiger partial charge in [0.1, 0.15) is 11.8 Å². The van der Waals surface area contributed by atoms with Gasteiger partial charge in [0, 0.05) is 5.92 Å². The molecular formula is C15H20N2O3. The Labute approximate surface area is 118 Å². The maximum atomic E-state index is 12.2. The highest BCUT2D eigenvalue weighted by Crippen LogP contribution is 2.19. The van der Waals surface area contributed by atoms with Gasteiger partial charge < -0.3 is 14.8 Å². The Kier molecular flexibility index (Phi) is 5.22. The number of aliphatic hydroxyl groups is 1. The van der Waals surface area contributed by atoms with Crippen molar-refractivity contribution in [3.63, 3.8) is 0 Å². The molecule has 5 nitrogen and oxygen atoms in total. The van der Waals surface area contributed by atoms with E-state index >= 15 is 0 Å². The molecule has 2 rings (SSSR count). The molecule has 1 fully saturated rings. The zero-order chi connectivity index (χ0) is 14.4. The van der Waals surface area contributed by atoms with Crippen LogP contribution in [0.4, 0.5) is 0 Å². The van der Waals surface area contributed by atoms with Gasteiger partial charge in [-0.3, -0.25) is 9.69 Å². The number of carbonyl (C=O) groups is 1. The van der Waals surface area contributed by atoms with Crippen LogP contribution in [-0.4, -0.2) is 42.2 Å². The summed E-state index contributed by atoms with van der Waals surface area (Å²) in [4.78, 5) is 14.4. The van der Waals surface area contributed by atoms with Crippen LogP contribution in [-0.2, 0) is 4.79 Å². The predicted molar refractivity (Wildman–Crippen MR) is 74.7 cm³/mol. The van der Waals surface area contributed by atoms with Gasteiger partial charge in [-0.2, -0.15) is 0 Å². The Hall–Kier alpha value is -1.77. The van der Waals surface area contributed by atoms with Gasteiger partial charge in [0.25, 0.3) is 0 Å². The lowest BCUT2D eigenvalue weighted by Gasteiger charge is -2.30. The van der Waals surface area contributed by atoms with Crippen LogP contribution in [0.25, 0.3) is 0 Å². The molecule has 1 aliphatic heterocycles. The van der Waals surface area contributed by atoms with Gasteiger partial charge in [0.05, 0.1) is 19.4 Å². The third-order valence-electron chi connectivity index (χ3n) is 3.66. The van der Waals surface area contributed by atoms with E-state index in [4.69, 9.17) is 10.8 Å². The van der Waals surface area contributed by atoms with Crippen LogP contribution in [0, 0.1) is 18.3 Å². The van der Waals surface area contributed by atoms with Crippen molar-refractivity contribution < 1.29 is 14.3 Å². The molecule has 0 aliphatic carbocycles. The number of terminal acetylenes is 1. The molecule has 0 radical (unpaired) electrons. The molecule has 1 saturated heterocycles. The highest BCUT2D eigenvalue weighted by atomic mass is 16.3. The second-order valence-corrected chi connectivity index (χ2v) is 5.01. The van der Waals surface area contributed by atoms with Gasteiger partial charge in [-0.1, -0.05) is 5.92 Å². The first-order valence-corrected chi connectivity index (χ1v) is 6.85. The minimum atomic E-state index is -0.471. The number of nitrogens with zero attached hydrogens (tertiary/aromatic N) is 1. The Morgan fingerprint density at radius 1 is 1.60 bits per heavy atom. The van der Waals surface area contributed by atoms with Gasteiger partial charge >= 0.3 is 0 Å². The molecule has 0 bridgehead atoms. The molecule has 0 spiro atoms. The maximum absolute atomic E-state index is 12.2. The van der Waals surface area contributed by atoms with Gasteiger partial charge in [0.15, 0.2) is 0 Å². The van der Waals surface area contributed by atoms with Crippen LogP contribution < -0.4 is 5.32 Å². The molecule has 1 atom stereocenters. The first-order valence-electron chi connectivity index (χ1n) is 6.85. The summed E-state index contributed by atoms with van der Waals surface area (Å²) in [6.07, 6.45) is 8.40. The molecule has 0 saturated carbocycles. The van der Waals surface area contributed by atoms with Crippen molar-refractivity contribution in [2.24, 2.45) is 5.92 Å². The van der Waals surface area contributed by atoms with Crippen molar-refractivity contribution in [1.29, 1.82) is 0 Å². The average molecular weight is 276 g/mol. The molecule has 1 aromatic heterocycles. The van der Waals surface area contributed by atoms with Crippen LogP contribution in [0.15, 0.2) is 22.8 Å². The number of hydrogen-bond acceptors (Lipinski definition) is 4. The summed E-state index contributed by atoms with van der Waals surface area (Å²) >= 11 is 0. The smallest absolute Gasteiger partial charge is 0.223 e. The third kappa shape index (κ3) is 3.62. The quantitative estimate of drug-likeness (QED) is 0.780. The SMILES string of the molecule is C#CCN1CCC(C(=O)NC(CO)c2ccco2)CC1. The highest BCUT2D eigenvalue weighted by Gasteiger charge is 2.27. The summed E-state index contributed by atoms with van der Waals surface area (Å²) < 4.78 is 5.22.